The second-order valence-corrected chi connectivity index (χ2v) is 6.43. The predicted octanol–water partition coefficient (Wildman–Crippen LogP) is 2.56. The maximum Gasteiger partial charge on any atom is 0.193 e. The number of rotatable bonds is 8. The first-order valence-corrected chi connectivity index (χ1v) is 9.05. The van der Waals surface area contributed by atoms with Crippen LogP contribution in [0.25, 0.3) is 0 Å². The summed E-state index contributed by atoms with van der Waals surface area (Å²) in [5, 5.41) is 3.48. The van der Waals surface area contributed by atoms with E-state index in [-0.39, 0.29) is 0 Å². The molecule has 1 saturated heterocycles. The van der Waals surface area contributed by atoms with Gasteiger partial charge in [0.2, 0.25) is 0 Å². The molecule has 1 saturated carbocycles. The number of nitrogens with zero attached hydrogens (tertiary/aromatic N) is 3. The first-order valence-electron chi connectivity index (χ1n) is 9.05. The van der Waals surface area contributed by atoms with E-state index in [1.807, 2.05) is 0 Å². The largest absolute Gasteiger partial charge is 0.357 e. The topological polar surface area (TPSA) is 30.9 Å². The maximum atomic E-state index is 4.85. The SMILES string of the molecule is CCNC(=NCCCC1CC1)N1CCC(N(CC)CC)C1. The van der Waals surface area contributed by atoms with Gasteiger partial charge in [-0.1, -0.05) is 26.7 Å². The lowest BCUT2D eigenvalue weighted by Gasteiger charge is -2.27. The van der Waals surface area contributed by atoms with Gasteiger partial charge in [-0.15, -0.1) is 0 Å². The molecular weight excluding hydrogens is 260 g/mol. The Morgan fingerprint density at radius 3 is 2.57 bits per heavy atom. The molecule has 0 amide bonds. The summed E-state index contributed by atoms with van der Waals surface area (Å²) in [6, 6.07) is 0.704. The van der Waals surface area contributed by atoms with Gasteiger partial charge in [-0.2, -0.15) is 0 Å². The summed E-state index contributed by atoms with van der Waals surface area (Å²) >= 11 is 0. The quantitative estimate of drug-likeness (QED) is 0.424. The van der Waals surface area contributed by atoms with Crippen LogP contribution < -0.4 is 5.32 Å². The van der Waals surface area contributed by atoms with E-state index < -0.39 is 0 Å². The second kappa shape index (κ2) is 8.62. The Labute approximate surface area is 131 Å². The molecule has 0 aromatic rings. The van der Waals surface area contributed by atoms with Crippen molar-refractivity contribution in [1.29, 1.82) is 0 Å². The van der Waals surface area contributed by atoms with Crippen molar-refractivity contribution in [2.75, 3.05) is 39.3 Å². The van der Waals surface area contributed by atoms with Crippen LogP contribution in [0.2, 0.25) is 0 Å². The third-order valence-corrected chi connectivity index (χ3v) is 4.86. The average molecular weight is 294 g/mol. The molecule has 1 atom stereocenters. The van der Waals surface area contributed by atoms with Gasteiger partial charge in [0.25, 0.3) is 0 Å². The molecule has 2 fully saturated rings. The van der Waals surface area contributed by atoms with Gasteiger partial charge < -0.3 is 10.2 Å². The minimum Gasteiger partial charge on any atom is -0.357 e. The van der Waals surface area contributed by atoms with E-state index in [1.54, 1.807) is 0 Å². The van der Waals surface area contributed by atoms with Crippen LogP contribution in [0.5, 0.6) is 0 Å². The molecule has 2 aliphatic rings. The average Bonchev–Trinajstić information content (AvgIpc) is 3.20. The fourth-order valence-electron chi connectivity index (χ4n) is 3.37. The number of nitrogens with one attached hydrogen (secondary N) is 1. The van der Waals surface area contributed by atoms with Crippen molar-refractivity contribution in [2.45, 2.75) is 58.9 Å². The lowest BCUT2D eigenvalue weighted by Crippen LogP contribution is -2.43. The molecule has 122 valence electrons. The number of guanidine groups is 1. The van der Waals surface area contributed by atoms with E-state index >= 15 is 0 Å². The number of likely N-dealkylation sites (N-methyl/N-ethyl adjacent to an activating group) is 1. The van der Waals surface area contributed by atoms with Gasteiger partial charge in [0, 0.05) is 32.2 Å². The van der Waals surface area contributed by atoms with Crippen LogP contribution in [0, 0.1) is 5.92 Å². The van der Waals surface area contributed by atoms with Crippen molar-refractivity contribution < 1.29 is 0 Å². The van der Waals surface area contributed by atoms with Crippen LogP contribution in [-0.4, -0.2) is 61.1 Å². The third kappa shape index (κ3) is 5.17. The van der Waals surface area contributed by atoms with E-state index in [9.17, 15) is 0 Å². The fraction of sp³-hybridized carbons (Fsp3) is 0.941. The van der Waals surface area contributed by atoms with Crippen LogP contribution in [0.1, 0.15) is 52.9 Å². The molecule has 0 aromatic heterocycles. The zero-order valence-corrected chi connectivity index (χ0v) is 14.3. The van der Waals surface area contributed by atoms with Gasteiger partial charge in [-0.25, -0.2) is 0 Å². The summed E-state index contributed by atoms with van der Waals surface area (Å²) in [6.07, 6.45) is 6.83. The summed E-state index contributed by atoms with van der Waals surface area (Å²) in [7, 11) is 0. The first kappa shape index (κ1) is 16.6. The minimum atomic E-state index is 0.704. The molecule has 2 rings (SSSR count). The minimum absolute atomic E-state index is 0.704. The van der Waals surface area contributed by atoms with Crippen LogP contribution in [0.15, 0.2) is 4.99 Å². The Hall–Kier alpha value is -0.770. The Kier molecular flexibility index (Phi) is 6.81. The highest BCUT2D eigenvalue weighted by Gasteiger charge is 2.28. The van der Waals surface area contributed by atoms with Crippen molar-refractivity contribution in [3.05, 3.63) is 0 Å². The Balaban J connectivity index is 1.81. The summed E-state index contributed by atoms with van der Waals surface area (Å²) in [5.74, 6) is 2.17. The van der Waals surface area contributed by atoms with E-state index in [1.165, 1.54) is 32.1 Å². The van der Waals surface area contributed by atoms with Gasteiger partial charge in [-0.3, -0.25) is 9.89 Å². The van der Waals surface area contributed by atoms with Gasteiger partial charge in [0.15, 0.2) is 5.96 Å². The lowest BCUT2D eigenvalue weighted by atomic mass is 10.2. The van der Waals surface area contributed by atoms with Gasteiger partial charge >= 0.3 is 0 Å². The van der Waals surface area contributed by atoms with E-state index in [0.717, 1.165) is 51.1 Å². The maximum absolute atomic E-state index is 4.85. The van der Waals surface area contributed by atoms with Crippen molar-refractivity contribution in [3.8, 4) is 0 Å². The Morgan fingerprint density at radius 1 is 1.19 bits per heavy atom. The summed E-state index contributed by atoms with van der Waals surface area (Å²) in [5.41, 5.74) is 0. The van der Waals surface area contributed by atoms with E-state index in [4.69, 9.17) is 4.99 Å². The normalized spacial score (nSPS) is 23.1. The summed E-state index contributed by atoms with van der Waals surface area (Å²) in [6.45, 7) is 13.3. The monoisotopic (exact) mass is 294 g/mol. The summed E-state index contributed by atoms with van der Waals surface area (Å²) in [4.78, 5) is 9.90. The lowest BCUT2D eigenvalue weighted by molar-refractivity contribution is 0.223. The molecule has 0 bridgehead atoms. The highest BCUT2D eigenvalue weighted by atomic mass is 15.3. The molecule has 1 N–H and O–H groups in total. The predicted molar refractivity (Wildman–Crippen MR) is 90.8 cm³/mol. The molecule has 1 unspecified atom stereocenters. The molecule has 0 spiro atoms. The number of aliphatic imine (C=N–C) groups is 1. The van der Waals surface area contributed by atoms with Crippen molar-refractivity contribution in [1.82, 2.24) is 15.1 Å². The number of likely N-dealkylation sites (tertiary alicyclic amines) is 1. The molecule has 0 radical (unpaired) electrons. The van der Waals surface area contributed by atoms with Crippen molar-refractivity contribution in [3.63, 3.8) is 0 Å². The number of hydrogen-bond acceptors (Lipinski definition) is 2. The summed E-state index contributed by atoms with van der Waals surface area (Å²) < 4.78 is 0. The van der Waals surface area contributed by atoms with Crippen LogP contribution in [0.4, 0.5) is 0 Å². The van der Waals surface area contributed by atoms with Crippen molar-refractivity contribution in [2.24, 2.45) is 10.9 Å². The molecule has 1 aliphatic heterocycles. The second-order valence-electron chi connectivity index (χ2n) is 6.43. The molecule has 21 heavy (non-hydrogen) atoms. The molecule has 1 aliphatic carbocycles. The van der Waals surface area contributed by atoms with Gasteiger partial charge in [0.05, 0.1) is 0 Å². The molecule has 0 aromatic carbocycles. The Morgan fingerprint density at radius 2 is 1.95 bits per heavy atom. The first-order chi connectivity index (χ1) is 10.3. The van der Waals surface area contributed by atoms with Crippen LogP contribution in [-0.2, 0) is 0 Å². The Bertz CT molecular complexity index is 321. The van der Waals surface area contributed by atoms with Crippen molar-refractivity contribution >= 4 is 5.96 Å². The van der Waals surface area contributed by atoms with E-state index in [0.29, 0.717) is 6.04 Å². The zero-order chi connectivity index (χ0) is 15.1. The molecule has 1 heterocycles. The fourth-order valence-corrected chi connectivity index (χ4v) is 3.37. The van der Waals surface area contributed by atoms with E-state index in [2.05, 4.69) is 35.9 Å². The highest BCUT2D eigenvalue weighted by molar-refractivity contribution is 5.80. The number of hydrogen-bond donors (Lipinski definition) is 1. The van der Waals surface area contributed by atoms with Crippen LogP contribution >= 0.6 is 0 Å². The standard InChI is InChI=1S/C17H34N4/c1-4-18-17(19-12-7-8-15-9-10-15)21-13-11-16(14-21)20(5-2)6-3/h15-16H,4-14H2,1-3H3,(H,18,19). The zero-order valence-electron chi connectivity index (χ0n) is 14.3. The smallest absolute Gasteiger partial charge is 0.193 e. The van der Waals surface area contributed by atoms with Crippen LogP contribution in [0.3, 0.4) is 0 Å². The highest BCUT2D eigenvalue weighted by Crippen LogP contribution is 2.33. The molecule has 4 nitrogen and oxygen atoms in total. The third-order valence-electron chi connectivity index (χ3n) is 4.86. The van der Waals surface area contributed by atoms with Gasteiger partial charge in [0.1, 0.15) is 0 Å². The molecule has 4 heteroatoms. The van der Waals surface area contributed by atoms with Gasteiger partial charge in [-0.05, 0) is 45.2 Å². The molecular formula is C17H34N4.